The highest BCUT2D eigenvalue weighted by molar-refractivity contribution is 5.81. The van der Waals surface area contributed by atoms with Crippen molar-refractivity contribution in [1.29, 1.82) is 10.8 Å². The van der Waals surface area contributed by atoms with E-state index in [1.165, 1.54) is 12.4 Å². The van der Waals surface area contributed by atoms with Crippen LogP contribution in [0.25, 0.3) is 22.6 Å². The molecule has 0 aliphatic heterocycles. The fourth-order valence-corrected chi connectivity index (χ4v) is 2.21. The molecule has 0 unspecified atom stereocenters. The highest BCUT2D eigenvalue weighted by Crippen LogP contribution is 2.29. The highest BCUT2D eigenvalue weighted by Gasteiger charge is 2.07. The zero-order chi connectivity index (χ0) is 14.7. The van der Waals surface area contributed by atoms with Gasteiger partial charge in [0.15, 0.2) is 0 Å². The molecule has 2 N–H and O–H groups in total. The molecule has 0 bridgehead atoms. The van der Waals surface area contributed by atoms with E-state index in [2.05, 4.69) is 0 Å². The van der Waals surface area contributed by atoms with Gasteiger partial charge in [0.1, 0.15) is 11.5 Å². The van der Waals surface area contributed by atoms with Gasteiger partial charge in [0.25, 0.3) is 0 Å². The van der Waals surface area contributed by atoms with Crippen LogP contribution in [0.3, 0.4) is 0 Å². The van der Waals surface area contributed by atoms with Crippen LogP contribution in [0, 0.1) is 10.8 Å². The van der Waals surface area contributed by atoms with Crippen molar-refractivity contribution in [3.8, 4) is 22.6 Å². The van der Waals surface area contributed by atoms with E-state index in [1.54, 1.807) is 0 Å². The summed E-state index contributed by atoms with van der Waals surface area (Å²) >= 11 is 0. The third kappa shape index (κ3) is 2.67. The Morgan fingerprint density at radius 2 is 1.14 bits per heavy atom. The van der Waals surface area contributed by atoms with Gasteiger partial charge in [0, 0.05) is 23.6 Å². The van der Waals surface area contributed by atoms with Gasteiger partial charge in [-0.1, -0.05) is 36.4 Å². The first-order chi connectivity index (χ1) is 10.3. The fourth-order valence-electron chi connectivity index (χ4n) is 2.21. The summed E-state index contributed by atoms with van der Waals surface area (Å²) in [6, 6.07) is 19.2. The monoisotopic (exact) mass is 274 g/mol. The van der Waals surface area contributed by atoms with Crippen LogP contribution in [0.4, 0.5) is 0 Å². The fraction of sp³-hybridized carbons (Fsp3) is 0. The van der Waals surface area contributed by atoms with Crippen LogP contribution >= 0.6 is 0 Å². The van der Waals surface area contributed by atoms with Gasteiger partial charge < -0.3 is 15.2 Å². The lowest BCUT2D eigenvalue weighted by Gasteiger charge is -2.00. The number of hydrogen-bond acceptors (Lipinski definition) is 3. The molecule has 0 saturated carbocycles. The molecule has 0 fully saturated rings. The predicted molar refractivity (Wildman–Crippen MR) is 85.4 cm³/mol. The summed E-state index contributed by atoms with van der Waals surface area (Å²) in [7, 11) is 0. The standard InChI is InChI=1S/C18H14N2O/c19-11-13-3-1-5-15(9-13)17-7-8-18(21-17)16-6-2-4-14(10-16)12-20/h1-12,19-20H. The van der Waals surface area contributed by atoms with E-state index in [4.69, 9.17) is 15.2 Å². The molecule has 0 amide bonds. The average molecular weight is 274 g/mol. The van der Waals surface area contributed by atoms with Crippen molar-refractivity contribution in [1.82, 2.24) is 0 Å². The molecular weight excluding hydrogens is 260 g/mol. The zero-order valence-corrected chi connectivity index (χ0v) is 11.3. The minimum atomic E-state index is 0.772. The first-order valence-electron chi connectivity index (χ1n) is 6.62. The Kier molecular flexibility index (Phi) is 3.48. The first-order valence-corrected chi connectivity index (χ1v) is 6.62. The molecule has 0 spiro atoms. The Bertz CT molecular complexity index is 736. The van der Waals surface area contributed by atoms with E-state index in [9.17, 15) is 0 Å². The number of benzene rings is 2. The van der Waals surface area contributed by atoms with Crippen molar-refractivity contribution in [3.63, 3.8) is 0 Å². The Morgan fingerprint density at radius 1 is 0.667 bits per heavy atom. The Hall–Kier alpha value is -2.94. The summed E-state index contributed by atoms with van der Waals surface area (Å²) < 4.78 is 5.90. The zero-order valence-electron chi connectivity index (χ0n) is 11.3. The number of furan rings is 1. The van der Waals surface area contributed by atoms with Crippen LogP contribution < -0.4 is 0 Å². The Labute approximate surface area is 122 Å². The first kappa shape index (κ1) is 13.1. The van der Waals surface area contributed by atoms with E-state index >= 15 is 0 Å². The van der Waals surface area contributed by atoms with Crippen LogP contribution in [0.5, 0.6) is 0 Å². The molecule has 102 valence electrons. The Morgan fingerprint density at radius 3 is 1.57 bits per heavy atom. The molecule has 3 heteroatoms. The van der Waals surface area contributed by atoms with Crippen LogP contribution in [0.15, 0.2) is 65.1 Å². The van der Waals surface area contributed by atoms with E-state index in [0.29, 0.717) is 0 Å². The molecule has 1 heterocycles. The van der Waals surface area contributed by atoms with Gasteiger partial charge in [0.2, 0.25) is 0 Å². The van der Waals surface area contributed by atoms with Gasteiger partial charge in [0.05, 0.1) is 0 Å². The van der Waals surface area contributed by atoms with E-state index < -0.39 is 0 Å². The summed E-state index contributed by atoms with van der Waals surface area (Å²) in [6.45, 7) is 0. The van der Waals surface area contributed by atoms with E-state index in [1.807, 2.05) is 60.7 Å². The van der Waals surface area contributed by atoms with Gasteiger partial charge in [-0.15, -0.1) is 0 Å². The summed E-state index contributed by atoms with van der Waals surface area (Å²) in [6.07, 6.45) is 2.64. The number of hydrogen-bond donors (Lipinski definition) is 2. The SMILES string of the molecule is N=Cc1cccc(-c2ccc(-c3cccc(C=N)c3)o2)c1. The minimum Gasteiger partial charge on any atom is -0.456 e. The molecule has 3 aromatic rings. The maximum absolute atomic E-state index is 7.31. The molecule has 0 saturated heterocycles. The lowest BCUT2D eigenvalue weighted by atomic mass is 10.1. The Balaban J connectivity index is 1.99. The maximum Gasteiger partial charge on any atom is 0.134 e. The van der Waals surface area contributed by atoms with Crippen molar-refractivity contribution >= 4 is 12.4 Å². The van der Waals surface area contributed by atoms with Crippen LogP contribution in [0.1, 0.15) is 11.1 Å². The highest BCUT2D eigenvalue weighted by atomic mass is 16.3. The lowest BCUT2D eigenvalue weighted by Crippen LogP contribution is -1.81. The van der Waals surface area contributed by atoms with Crippen molar-refractivity contribution in [2.24, 2.45) is 0 Å². The average Bonchev–Trinajstić information content (AvgIpc) is 3.05. The third-order valence-corrected chi connectivity index (χ3v) is 3.28. The van der Waals surface area contributed by atoms with Gasteiger partial charge in [-0.3, -0.25) is 0 Å². The molecular formula is C18H14N2O. The summed E-state index contributed by atoms with van der Waals surface area (Å²) in [5.41, 5.74) is 3.59. The predicted octanol–water partition coefficient (Wildman–Crippen LogP) is 4.61. The summed E-state index contributed by atoms with van der Waals surface area (Å²) in [5.74, 6) is 1.54. The van der Waals surface area contributed by atoms with Crippen LogP contribution in [-0.4, -0.2) is 12.4 Å². The molecule has 0 aliphatic rings. The van der Waals surface area contributed by atoms with Gasteiger partial charge in [-0.25, -0.2) is 0 Å². The lowest BCUT2D eigenvalue weighted by molar-refractivity contribution is 0.597. The largest absolute Gasteiger partial charge is 0.456 e. The second-order valence-electron chi connectivity index (χ2n) is 4.70. The topological polar surface area (TPSA) is 60.8 Å². The van der Waals surface area contributed by atoms with Crippen LogP contribution in [0.2, 0.25) is 0 Å². The van der Waals surface area contributed by atoms with Crippen molar-refractivity contribution in [2.45, 2.75) is 0 Å². The van der Waals surface area contributed by atoms with Crippen molar-refractivity contribution in [3.05, 3.63) is 71.8 Å². The van der Waals surface area contributed by atoms with Gasteiger partial charge in [-0.2, -0.15) is 0 Å². The second kappa shape index (κ2) is 5.59. The summed E-state index contributed by atoms with van der Waals surface area (Å²) in [4.78, 5) is 0. The third-order valence-electron chi connectivity index (χ3n) is 3.28. The molecule has 0 radical (unpaired) electrons. The smallest absolute Gasteiger partial charge is 0.134 e. The minimum absolute atomic E-state index is 0.772. The van der Waals surface area contributed by atoms with Gasteiger partial charge >= 0.3 is 0 Å². The summed E-state index contributed by atoms with van der Waals surface area (Å²) in [5, 5.41) is 14.6. The molecule has 3 rings (SSSR count). The normalized spacial score (nSPS) is 10.3. The number of nitrogens with one attached hydrogen (secondary N) is 2. The van der Waals surface area contributed by atoms with E-state index in [0.717, 1.165) is 33.8 Å². The van der Waals surface area contributed by atoms with Gasteiger partial charge in [-0.05, 0) is 35.4 Å². The molecule has 0 atom stereocenters. The molecule has 2 aromatic carbocycles. The molecule has 21 heavy (non-hydrogen) atoms. The second-order valence-corrected chi connectivity index (χ2v) is 4.70. The van der Waals surface area contributed by atoms with E-state index in [-0.39, 0.29) is 0 Å². The number of rotatable bonds is 4. The van der Waals surface area contributed by atoms with Crippen molar-refractivity contribution in [2.75, 3.05) is 0 Å². The molecule has 0 aliphatic carbocycles. The van der Waals surface area contributed by atoms with Crippen molar-refractivity contribution < 1.29 is 4.42 Å². The quantitative estimate of drug-likeness (QED) is 0.670. The maximum atomic E-state index is 7.31. The molecule has 3 nitrogen and oxygen atoms in total. The van der Waals surface area contributed by atoms with Crippen LogP contribution in [-0.2, 0) is 0 Å². The molecule has 1 aromatic heterocycles.